The normalized spacial score (nSPS) is 10.9. The number of amides is 1. The number of rotatable bonds is 7. The average molecular weight is 436 g/mol. The Bertz CT molecular complexity index is 974. The highest BCUT2D eigenvalue weighted by Gasteiger charge is 2.12. The number of nitrogens with one attached hydrogen (secondary N) is 2. The van der Waals surface area contributed by atoms with Crippen molar-refractivity contribution in [1.82, 2.24) is 14.9 Å². The molecule has 0 atom stereocenters. The maximum atomic E-state index is 12.1. The molecule has 144 valence electrons. The molecule has 2 aromatic carbocycles. The zero-order valence-corrected chi connectivity index (χ0v) is 16.7. The van der Waals surface area contributed by atoms with Crippen molar-refractivity contribution in [3.8, 4) is 0 Å². The molecular weight excluding hydrogens is 421 g/mol. The number of nitrogen functional groups attached to an aromatic ring is 1. The Labute approximate surface area is 175 Å². The van der Waals surface area contributed by atoms with Gasteiger partial charge in [-0.3, -0.25) is 4.79 Å². The highest BCUT2D eigenvalue weighted by molar-refractivity contribution is 7.99. The molecule has 3 rings (SSSR count). The van der Waals surface area contributed by atoms with Crippen molar-refractivity contribution >= 4 is 58.7 Å². The summed E-state index contributed by atoms with van der Waals surface area (Å²) in [6.45, 7) is 0. The van der Waals surface area contributed by atoms with Crippen LogP contribution in [0.15, 0.2) is 58.8 Å². The van der Waals surface area contributed by atoms with Crippen LogP contribution in [0.25, 0.3) is 0 Å². The molecular formula is C17H15Cl2N7OS. The van der Waals surface area contributed by atoms with Crippen molar-refractivity contribution in [1.29, 1.82) is 0 Å². The Balaban J connectivity index is 1.53. The molecule has 1 aromatic heterocycles. The summed E-state index contributed by atoms with van der Waals surface area (Å²) in [6.07, 6.45) is 1.63. The van der Waals surface area contributed by atoms with Gasteiger partial charge in [-0.15, -0.1) is 10.2 Å². The highest BCUT2D eigenvalue weighted by atomic mass is 35.5. The number of anilines is 2. The highest BCUT2D eigenvalue weighted by Crippen LogP contribution is 2.23. The number of hydrazone groups is 1. The fraction of sp³-hybridized carbons (Fsp3) is 0.0588. The van der Waals surface area contributed by atoms with Crippen LogP contribution in [0.2, 0.25) is 10.0 Å². The fourth-order valence-electron chi connectivity index (χ4n) is 2.11. The van der Waals surface area contributed by atoms with Gasteiger partial charge in [-0.1, -0.05) is 65.3 Å². The molecule has 1 amide bonds. The number of aromatic nitrogens is 3. The third kappa shape index (κ3) is 5.62. The molecule has 0 unspecified atom stereocenters. The molecule has 8 nitrogen and oxygen atoms in total. The molecule has 4 N–H and O–H groups in total. The Morgan fingerprint density at radius 2 is 1.89 bits per heavy atom. The number of hydrogen-bond acceptors (Lipinski definition) is 7. The monoisotopic (exact) mass is 435 g/mol. The van der Waals surface area contributed by atoms with Gasteiger partial charge in [0.05, 0.1) is 12.0 Å². The predicted molar refractivity (Wildman–Crippen MR) is 114 cm³/mol. The van der Waals surface area contributed by atoms with Crippen molar-refractivity contribution in [2.45, 2.75) is 5.16 Å². The van der Waals surface area contributed by atoms with E-state index in [0.29, 0.717) is 20.9 Å². The standard InChI is InChI=1S/C17H15Cl2N7OS/c18-12-6-13(19)8-14(7-12)22-15(27)10-28-17-25-24-16(26(17)20)23-21-9-11-4-2-1-3-5-11/h1-9H,10,20H2,(H,22,27)(H,23,24)/b21-9+. The number of thioether (sulfide) groups is 1. The summed E-state index contributed by atoms with van der Waals surface area (Å²) >= 11 is 13.0. The topological polar surface area (TPSA) is 110 Å². The zero-order chi connectivity index (χ0) is 19.9. The van der Waals surface area contributed by atoms with Crippen molar-refractivity contribution < 1.29 is 4.79 Å². The lowest BCUT2D eigenvalue weighted by molar-refractivity contribution is -0.113. The Morgan fingerprint density at radius 3 is 2.61 bits per heavy atom. The van der Waals surface area contributed by atoms with Gasteiger partial charge in [0.2, 0.25) is 11.1 Å². The first-order valence-corrected chi connectivity index (χ1v) is 9.69. The molecule has 11 heteroatoms. The van der Waals surface area contributed by atoms with Gasteiger partial charge in [-0.05, 0) is 23.8 Å². The Kier molecular flexibility index (Phi) is 6.75. The maximum Gasteiger partial charge on any atom is 0.264 e. The van der Waals surface area contributed by atoms with Gasteiger partial charge in [0.25, 0.3) is 5.95 Å². The van der Waals surface area contributed by atoms with Crippen LogP contribution in [0.1, 0.15) is 5.56 Å². The fourth-order valence-corrected chi connectivity index (χ4v) is 3.29. The molecule has 3 aromatic rings. The van der Waals surface area contributed by atoms with Gasteiger partial charge >= 0.3 is 0 Å². The molecule has 0 aliphatic carbocycles. The van der Waals surface area contributed by atoms with Gasteiger partial charge in [0.1, 0.15) is 0 Å². The molecule has 0 fully saturated rings. The number of benzene rings is 2. The molecule has 1 heterocycles. The largest absolute Gasteiger partial charge is 0.334 e. The van der Waals surface area contributed by atoms with E-state index in [9.17, 15) is 4.79 Å². The van der Waals surface area contributed by atoms with E-state index in [1.54, 1.807) is 24.4 Å². The Morgan fingerprint density at radius 1 is 1.18 bits per heavy atom. The van der Waals surface area contributed by atoms with Crippen LogP contribution in [0.3, 0.4) is 0 Å². The van der Waals surface area contributed by atoms with Gasteiger partial charge in [0, 0.05) is 15.7 Å². The summed E-state index contributed by atoms with van der Waals surface area (Å²) in [7, 11) is 0. The first-order chi connectivity index (χ1) is 13.5. The van der Waals surface area contributed by atoms with E-state index >= 15 is 0 Å². The summed E-state index contributed by atoms with van der Waals surface area (Å²) in [5.74, 6) is 5.99. The van der Waals surface area contributed by atoms with Crippen LogP contribution in [0, 0.1) is 0 Å². The van der Waals surface area contributed by atoms with E-state index in [4.69, 9.17) is 29.0 Å². The van der Waals surface area contributed by atoms with E-state index in [2.05, 4.69) is 26.0 Å². The smallest absolute Gasteiger partial charge is 0.264 e. The quantitative estimate of drug-likeness (QED) is 0.226. The van der Waals surface area contributed by atoms with E-state index < -0.39 is 0 Å². The predicted octanol–water partition coefficient (Wildman–Crippen LogP) is 3.48. The number of hydrogen-bond donors (Lipinski definition) is 3. The van der Waals surface area contributed by atoms with Gasteiger partial charge in [-0.25, -0.2) is 10.1 Å². The van der Waals surface area contributed by atoms with Crippen LogP contribution in [0.5, 0.6) is 0 Å². The van der Waals surface area contributed by atoms with E-state index in [-0.39, 0.29) is 17.6 Å². The second-order valence-electron chi connectivity index (χ2n) is 5.45. The number of nitrogens with zero attached hydrogens (tertiary/aromatic N) is 4. The molecule has 0 radical (unpaired) electrons. The van der Waals surface area contributed by atoms with Crippen LogP contribution in [-0.4, -0.2) is 32.7 Å². The van der Waals surface area contributed by atoms with Gasteiger partial charge in [0.15, 0.2) is 0 Å². The minimum absolute atomic E-state index is 0.0761. The first-order valence-electron chi connectivity index (χ1n) is 7.94. The third-order valence-corrected chi connectivity index (χ3v) is 4.70. The number of nitrogens with two attached hydrogens (primary N) is 1. The lowest BCUT2D eigenvalue weighted by Gasteiger charge is -2.06. The zero-order valence-electron chi connectivity index (χ0n) is 14.3. The lowest BCUT2D eigenvalue weighted by atomic mass is 10.2. The van der Waals surface area contributed by atoms with E-state index in [1.165, 1.54) is 4.68 Å². The molecule has 0 spiro atoms. The Hall–Kier alpha value is -2.75. The van der Waals surface area contributed by atoms with Crippen molar-refractivity contribution in [2.75, 3.05) is 22.3 Å². The summed E-state index contributed by atoms with van der Waals surface area (Å²) < 4.78 is 1.22. The molecule has 28 heavy (non-hydrogen) atoms. The van der Waals surface area contributed by atoms with Crippen molar-refractivity contribution in [2.24, 2.45) is 5.10 Å². The summed E-state index contributed by atoms with van der Waals surface area (Å²) in [6, 6.07) is 14.3. The second-order valence-corrected chi connectivity index (χ2v) is 7.27. The van der Waals surface area contributed by atoms with Crippen molar-refractivity contribution in [3.05, 3.63) is 64.1 Å². The summed E-state index contributed by atoms with van der Waals surface area (Å²) in [5.41, 5.74) is 4.14. The van der Waals surface area contributed by atoms with Crippen LogP contribution in [-0.2, 0) is 4.79 Å². The molecule has 0 aliphatic rings. The molecule has 0 saturated heterocycles. The van der Waals surface area contributed by atoms with Gasteiger partial charge in [-0.2, -0.15) is 5.10 Å². The molecule has 0 bridgehead atoms. The van der Waals surface area contributed by atoms with Crippen molar-refractivity contribution in [3.63, 3.8) is 0 Å². The summed E-state index contributed by atoms with van der Waals surface area (Å²) in [4.78, 5) is 12.1. The van der Waals surface area contributed by atoms with Crippen LogP contribution >= 0.6 is 35.0 Å². The first kappa shape index (κ1) is 20.0. The van der Waals surface area contributed by atoms with Crippen LogP contribution < -0.4 is 16.6 Å². The van der Waals surface area contributed by atoms with E-state index in [0.717, 1.165) is 17.3 Å². The number of carbonyl (C=O) groups is 1. The number of halogens is 2. The maximum absolute atomic E-state index is 12.1. The van der Waals surface area contributed by atoms with Crippen LogP contribution in [0.4, 0.5) is 11.6 Å². The molecule has 0 aliphatic heterocycles. The third-order valence-electron chi connectivity index (χ3n) is 3.32. The molecule has 0 saturated carbocycles. The second kappa shape index (κ2) is 9.45. The number of carbonyl (C=O) groups excluding carboxylic acids is 1. The minimum Gasteiger partial charge on any atom is -0.334 e. The average Bonchev–Trinajstić information content (AvgIpc) is 3.00. The van der Waals surface area contributed by atoms with E-state index in [1.807, 2.05) is 30.3 Å². The lowest BCUT2D eigenvalue weighted by Crippen LogP contribution is -2.16. The summed E-state index contributed by atoms with van der Waals surface area (Å²) in [5, 5.41) is 15.8. The SMILES string of the molecule is Nn1c(N/N=C/c2ccccc2)nnc1SCC(=O)Nc1cc(Cl)cc(Cl)c1. The van der Waals surface area contributed by atoms with Gasteiger partial charge < -0.3 is 11.2 Å². The minimum atomic E-state index is -0.261.